The molecule has 0 radical (unpaired) electrons. The van der Waals surface area contributed by atoms with Crippen LogP contribution >= 0.6 is 0 Å². The molecule has 0 aliphatic carbocycles. The van der Waals surface area contributed by atoms with Crippen LogP contribution in [0.5, 0.6) is 0 Å². The molecule has 0 N–H and O–H groups in total. The van der Waals surface area contributed by atoms with E-state index in [4.69, 9.17) is 14.2 Å². The van der Waals surface area contributed by atoms with Crippen molar-refractivity contribution < 1.29 is 28.6 Å². The van der Waals surface area contributed by atoms with E-state index in [1.165, 1.54) is 154 Å². The highest BCUT2D eigenvalue weighted by Gasteiger charge is 2.19. The number of carbonyl (C=O) groups is 3. The first-order chi connectivity index (χ1) is 37.0. The summed E-state index contributed by atoms with van der Waals surface area (Å²) in [6, 6.07) is 0. The van der Waals surface area contributed by atoms with Crippen molar-refractivity contribution in [2.45, 2.75) is 297 Å². The Morgan fingerprint density at radius 1 is 0.280 bits per heavy atom. The molecule has 0 aliphatic rings. The summed E-state index contributed by atoms with van der Waals surface area (Å²) in [5.41, 5.74) is 0. The van der Waals surface area contributed by atoms with Gasteiger partial charge in [0.2, 0.25) is 0 Å². The van der Waals surface area contributed by atoms with Crippen LogP contribution in [0.4, 0.5) is 0 Å². The molecular formula is C69H116O6. The Kier molecular flexibility index (Phi) is 59.3. The van der Waals surface area contributed by atoms with Crippen LogP contribution in [-0.4, -0.2) is 37.2 Å². The smallest absolute Gasteiger partial charge is 0.306 e. The number of allylic oxidation sites excluding steroid dienone is 18. The molecular weight excluding hydrogens is 925 g/mol. The van der Waals surface area contributed by atoms with Crippen LogP contribution < -0.4 is 0 Å². The van der Waals surface area contributed by atoms with Gasteiger partial charge < -0.3 is 14.2 Å². The van der Waals surface area contributed by atoms with Crippen molar-refractivity contribution in [2.75, 3.05) is 13.2 Å². The lowest BCUT2D eigenvalue weighted by molar-refractivity contribution is -0.166. The summed E-state index contributed by atoms with van der Waals surface area (Å²) in [5.74, 6) is -0.999. The van der Waals surface area contributed by atoms with E-state index in [1.807, 2.05) is 6.08 Å². The average molecular weight is 1040 g/mol. The minimum Gasteiger partial charge on any atom is -0.462 e. The van der Waals surface area contributed by atoms with Gasteiger partial charge in [-0.1, -0.05) is 265 Å². The SMILES string of the molecule is CC/C=C\C/C=C\C/C=C\C/C=C\C/C=C\C/C=C\CCC(=O)O[C@H](COC(=O)CCCCCCCCC/C=C\C/C=C\CCCCC)COC(=O)CCCCCCCCCCCCC/C=C\CCCCCCCC. The zero-order valence-corrected chi connectivity index (χ0v) is 49.0. The Bertz CT molecular complexity index is 1520. The van der Waals surface area contributed by atoms with Gasteiger partial charge in [0.25, 0.3) is 0 Å². The third-order valence-electron chi connectivity index (χ3n) is 13.2. The van der Waals surface area contributed by atoms with Gasteiger partial charge in [-0.05, 0) is 116 Å². The number of hydrogen-bond acceptors (Lipinski definition) is 6. The molecule has 0 aromatic carbocycles. The minimum absolute atomic E-state index is 0.111. The van der Waals surface area contributed by atoms with Gasteiger partial charge in [0.05, 0.1) is 0 Å². The van der Waals surface area contributed by atoms with E-state index in [-0.39, 0.29) is 31.6 Å². The third-order valence-corrected chi connectivity index (χ3v) is 13.2. The van der Waals surface area contributed by atoms with Crippen molar-refractivity contribution in [3.8, 4) is 0 Å². The van der Waals surface area contributed by atoms with Crippen LogP contribution in [0.25, 0.3) is 0 Å². The summed E-state index contributed by atoms with van der Waals surface area (Å²) >= 11 is 0. The quantitative estimate of drug-likeness (QED) is 0.0261. The van der Waals surface area contributed by atoms with E-state index in [9.17, 15) is 14.4 Å². The highest BCUT2D eigenvalue weighted by Crippen LogP contribution is 2.15. The molecule has 6 nitrogen and oxygen atoms in total. The number of hydrogen-bond donors (Lipinski definition) is 0. The monoisotopic (exact) mass is 1040 g/mol. The second-order valence-electron chi connectivity index (χ2n) is 20.6. The minimum atomic E-state index is -0.825. The molecule has 0 fully saturated rings. The summed E-state index contributed by atoms with van der Waals surface area (Å²) in [5, 5.41) is 0. The Balaban J connectivity index is 4.49. The first-order valence-corrected chi connectivity index (χ1v) is 31.4. The Hall–Kier alpha value is -3.93. The predicted octanol–water partition coefficient (Wildman–Crippen LogP) is 21.4. The van der Waals surface area contributed by atoms with Crippen molar-refractivity contribution in [2.24, 2.45) is 0 Å². The molecule has 0 aromatic rings. The van der Waals surface area contributed by atoms with Gasteiger partial charge in [-0.25, -0.2) is 0 Å². The summed E-state index contributed by atoms with van der Waals surface area (Å²) in [6.07, 6.45) is 85.3. The Labute approximate surface area is 463 Å². The summed E-state index contributed by atoms with van der Waals surface area (Å²) in [6.45, 7) is 6.45. The topological polar surface area (TPSA) is 78.9 Å². The molecule has 1 atom stereocenters. The fourth-order valence-corrected chi connectivity index (χ4v) is 8.55. The molecule has 0 unspecified atom stereocenters. The van der Waals surface area contributed by atoms with Gasteiger partial charge in [0, 0.05) is 19.3 Å². The van der Waals surface area contributed by atoms with Crippen molar-refractivity contribution in [1.29, 1.82) is 0 Å². The van der Waals surface area contributed by atoms with Crippen molar-refractivity contribution in [3.63, 3.8) is 0 Å². The fraction of sp³-hybridized carbons (Fsp3) is 0.696. The fourth-order valence-electron chi connectivity index (χ4n) is 8.55. The lowest BCUT2D eigenvalue weighted by Gasteiger charge is -2.18. The first-order valence-electron chi connectivity index (χ1n) is 31.4. The Morgan fingerprint density at radius 3 is 0.907 bits per heavy atom. The summed E-state index contributed by atoms with van der Waals surface area (Å²) in [7, 11) is 0. The van der Waals surface area contributed by atoms with Gasteiger partial charge in [-0.2, -0.15) is 0 Å². The van der Waals surface area contributed by atoms with Gasteiger partial charge >= 0.3 is 17.9 Å². The zero-order chi connectivity index (χ0) is 54.3. The maximum absolute atomic E-state index is 12.9. The molecule has 75 heavy (non-hydrogen) atoms. The third kappa shape index (κ3) is 60.8. The molecule has 0 aromatic heterocycles. The zero-order valence-electron chi connectivity index (χ0n) is 49.0. The number of rotatable bonds is 56. The highest BCUT2D eigenvalue weighted by atomic mass is 16.6. The molecule has 6 heteroatoms. The van der Waals surface area contributed by atoms with E-state index in [1.54, 1.807) is 0 Å². The van der Waals surface area contributed by atoms with E-state index >= 15 is 0 Å². The van der Waals surface area contributed by atoms with Gasteiger partial charge in [0.1, 0.15) is 13.2 Å². The van der Waals surface area contributed by atoms with E-state index in [2.05, 4.69) is 124 Å². The largest absolute Gasteiger partial charge is 0.462 e. The maximum atomic E-state index is 12.9. The van der Waals surface area contributed by atoms with Crippen molar-refractivity contribution >= 4 is 17.9 Å². The lowest BCUT2D eigenvalue weighted by Crippen LogP contribution is -2.30. The molecule has 0 rings (SSSR count). The van der Waals surface area contributed by atoms with Crippen molar-refractivity contribution in [1.82, 2.24) is 0 Å². The van der Waals surface area contributed by atoms with Crippen LogP contribution in [0.1, 0.15) is 290 Å². The average Bonchev–Trinajstić information content (AvgIpc) is 3.41. The highest BCUT2D eigenvalue weighted by molar-refractivity contribution is 5.71. The number of ether oxygens (including phenoxy) is 3. The van der Waals surface area contributed by atoms with Crippen LogP contribution in [0.2, 0.25) is 0 Å². The van der Waals surface area contributed by atoms with Crippen molar-refractivity contribution in [3.05, 3.63) is 109 Å². The number of unbranched alkanes of at least 4 members (excludes halogenated alkanes) is 27. The number of esters is 3. The molecule has 0 aliphatic heterocycles. The van der Waals surface area contributed by atoms with Crippen LogP contribution in [-0.2, 0) is 28.6 Å². The van der Waals surface area contributed by atoms with E-state index in [0.717, 1.165) is 89.9 Å². The summed E-state index contributed by atoms with van der Waals surface area (Å²) < 4.78 is 16.8. The van der Waals surface area contributed by atoms with Gasteiger partial charge in [-0.3, -0.25) is 14.4 Å². The molecule has 0 saturated carbocycles. The van der Waals surface area contributed by atoms with E-state index in [0.29, 0.717) is 19.3 Å². The van der Waals surface area contributed by atoms with Crippen LogP contribution in [0, 0.1) is 0 Å². The maximum Gasteiger partial charge on any atom is 0.306 e. The van der Waals surface area contributed by atoms with Crippen LogP contribution in [0.3, 0.4) is 0 Å². The molecule has 0 bridgehead atoms. The standard InChI is InChI=1S/C69H116O6/c1-4-7-10-13-16-19-22-25-28-31-33-34-36-38-41-44-47-50-53-56-59-62-68(71)74-65-66(64-73-67(70)61-58-55-52-49-46-43-40-37-30-27-24-21-18-15-12-9-6-3)75-69(72)63-60-57-54-51-48-45-42-39-35-32-29-26-23-20-17-14-11-8-5-2/h8,11,17-18,20-21,25-30,35,39,45,48,54,57,66H,4-7,9-10,12-16,19,22-24,31-34,36-38,40-44,46-47,49-53,55-56,58-65H2,1-3H3/b11-8-,20-17-,21-18-,28-25-,29-26-,30-27-,39-35-,48-45-,57-54-/t66-/m1/s1. The van der Waals surface area contributed by atoms with E-state index < -0.39 is 12.1 Å². The second kappa shape index (κ2) is 62.6. The Morgan fingerprint density at radius 2 is 0.547 bits per heavy atom. The first kappa shape index (κ1) is 71.1. The van der Waals surface area contributed by atoms with Gasteiger partial charge in [-0.15, -0.1) is 0 Å². The molecule has 0 amide bonds. The normalized spacial score (nSPS) is 12.8. The van der Waals surface area contributed by atoms with Gasteiger partial charge in [0.15, 0.2) is 6.10 Å². The molecule has 0 saturated heterocycles. The molecule has 428 valence electrons. The second-order valence-corrected chi connectivity index (χ2v) is 20.6. The lowest BCUT2D eigenvalue weighted by atomic mass is 10.0. The predicted molar refractivity (Wildman–Crippen MR) is 325 cm³/mol. The van der Waals surface area contributed by atoms with Crippen LogP contribution in [0.15, 0.2) is 109 Å². The summed E-state index contributed by atoms with van der Waals surface area (Å²) in [4.78, 5) is 38.3. The number of carbonyl (C=O) groups excluding carboxylic acids is 3. The molecule has 0 spiro atoms. The molecule has 0 heterocycles.